The Hall–Kier alpha value is -2.49. The van der Waals surface area contributed by atoms with E-state index in [-0.39, 0.29) is 17.2 Å². The zero-order valence-corrected chi connectivity index (χ0v) is 13.5. The van der Waals surface area contributed by atoms with Crippen molar-refractivity contribution in [3.05, 3.63) is 42.2 Å². The Morgan fingerprint density at radius 1 is 1.33 bits per heavy atom. The number of aryl methyl sites for hydroxylation is 1. The molecule has 0 unspecified atom stereocenters. The molecule has 130 valence electrons. The van der Waals surface area contributed by atoms with Gasteiger partial charge in [0, 0.05) is 19.8 Å². The van der Waals surface area contributed by atoms with Crippen LogP contribution in [0.4, 0.5) is 8.78 Å². The lowest BCUT2D eigenvalue weighted by Gasteiger charge is -2.07. The van der Waals surface area contributed by atoms with Crippen molar-refractivity contribution in [3.63, 3.8) is 0 Å². The summed E-state index contributed by atoms with van der Waals surface area (Å²) in [5.74, 6) is -1.38. The van der Waals surface area contributed by atoms with Crippen LogP contribution in [0.1, 0.15) is 5.56 Å². The van der Waals surface area contributed by atoms with Gasteiger partial charge in [0.1, 0.15) is 16.4 Å². The molecule has 1 aromatic carbocycles. The molecule has 0 radical (unpaired) electrons. The van der Waals surface area contributed by atoms with Crippen molar-refractivity contribution in [2.24, 2.45) is 7.05 Å². The van der Waals surface area contributed by atoms with Crippen LogP contribution in [0, 0.1) is 0 Å². The first-order chi connectivity index (χ1) is 11.3. The summed E-state index contributed by atoms with van der Waals surface area (Å²) in [4.78, 5) is 11.7. The number of amides is 1. The maximum Gasteiger partial charge on any atom is 0.387 e. The molecule has 10 heteroatoms. The Labute approximate surface area is 137 Å². The van der Waals surface area contributed by atoms with E-state index < -0.39 is 28.1 Å². The molecule has 0 aliphatic rings. The Morgan fingerprint density at radius 2 is 2.00 bits per heavy atom. The first kappa shape index (κ1) is 17.9. The number of rotatable bonds is 7. The minimum atomic E-state index is -3.76. The predicted octanol–water partition coefficient (Wildman–Crippen LogP) is 1.11. The van der Waals surface area contributed by atoms with Crippen molar-refractivity contribution < 1.29 is 26.7 Å². The van der Waals surface area contributed by atoms with E-state index in [2.05, 4.69) is 15.2 Å². The maximum absolute atomic E-state index is 12.0. The number of benzene rings is 1. The highest BCUT2D eigenvalue weighted by Gasteiger charge is 2.20. The number of carbonyl (C=O) groups is 1. The first-order valence-electron chi connectivity index (χ1n) is 6.78. The molecule has 1 amide bonds. The molecule has 0 fully saturated rings. The Morgan fingerprint density at radius 3 is 2.54 bits per heavy atom. The van der Waals surface area contributed by atoms with E-state index in [0.29, 0.717) is 5.56 Å². The maximum atomic E-state index is 12.0. The van der Waals surface area contributed by atoms with Crippen molar-refractivity contribution in [2.45, 2.75) is 18.1 Å². The van der Waals surface area contributed by atoms with Crippen LogP contribution in [-0.4, -0.2) is 36.5 Å². The van der Waals surface area contributed by atoms with Gasteiger partial charge >= 0.3 is 6.61 Å². The number of alkyl halides is 2. The van der Waals surface area contributed by atoms with Gasteiger partial charge in [0.2, 0.25) is 5.91 Å². The molecule has 0 aliphatic carbocycles. The Bertz CT molecular complexity index is 804. The lowest BCUT2D eigenvalue weighted by molar-refractivity contribution is -0.118. The van der Waals surface area contributed by atoms with Crippen LogP contribution in [0.5, 0.6) is 5.75 Å². The lowest BCUT2D eigenvalue weighted by Crippen LogP contribution is -2.29. The number of sulfone groups is 1. The number of aromatic nitrogens is 2. The number of ether oxygens (including phenoxy) is 1. The van der Waals surface area contributed by atoms with E-state index in [0.717, 1.165) is 0 Å². The average molecular weight is 359 g/mol. The predicted molar refractivity (Wildman–Crippen MR) is 80.2 cm³/mol. The summed E-state index contributed by atoms with van der Waals surface area (Å²) in [5.41, 5.74) is 0.615. The third kappa shape index (κ3) is 5.01. The molecule has 0 atom stereocenters. The van der Waals surface area contributed by atoms with Crippen LogP contribution >= 0.6 is 0 Å². The van der Waals surface area contributed by atoms with Gasteiger partial charge in [-0.15, -0.1) is 0 Å². The second-order valence-corrected chi connectivity index (χ2v) is 6.90. The SMILES string of the molecule is Cn1cc(S(=O)(=O)CC(=O)NCc2ccc(OC(F)F)cc2)cn1. The topological polar surface area (TPSA) is 90.3 Å². The molecule has 1 aromatic heterocycles. The second-order valence-electron chi connectivity index (χ2n) is 4.91. The standard InChI is InChI=1S/C14H15F2N3O4S/c1-19-8-12(7-18-19)24(21,22)9-13(20)17-6-10-2-4-11(5-3-10)23-14(15)16/h2-5,7-8,14H,6,9H2,1H3,(H,17,20). The molecular formula is C14H15F2N3O4S. The van der Waals surface area contributed by atoms with Crippen LogP contribution < -0.4 is 10.1 Å². The van der Waals surface area contributed by atoms with Gasteiger partial charge in [-0.25, -0.2) is 8.42 Å². The van der Waals surface area contributed by atoms with E-state index in [9.17, 15) is 22.0 Å². The molecule has 7 nitrogen and oxygen atoms in total. The fourth-order valence-corrected chi connectivity index (χ4v) is 2.99. The van der Waals surface area contributed by atoms with Crippen molar-refractivity contribution in [1.82, 2.24) is 15.1 Å². The molecular weight excluding hydrogens is 344 g/mol. The van der Waals surface area contributed by atoms with Gasteiger partial charge in [0.05, 0.1) is 6.20 Å². The molecule has 2 aromatic rings. The second kappa shape index (κ2) is 7.39. The third-order valence-electron chi connectivity index (χ3n) is 3.00. The fourth-order valence-electron chi connectivity index (χ4n) is 1.86. The summed E-state index contributed by atoms with van der Waals surface area (Å²) in [5, 5.41) is 6.21. The number of carbonyl (C=O) groups excluding carboxylic acids is 1. The van der Waals surface area contributed by atoms with Crippen LogP contribution in [0.3, 0.4) is 0 Å². The summed E-state index contributed by atoms with van der Waals surface area (Å²) in [7, 11) is -2.19. The zero-order valence-electron chi connectivity index (χ0n) is 12.6. The van der Waals surface area contributed by atoms with E-state index in [1.54, 1.807) is 7.05 Å². The third-order valence-corrected chi connectivity index (χ3v) is 4.57. The quantitative estimate of drug-likeness (QED) is 0.800. The largest absolute Gasteiger partial charge is 0.435 e. The summed E-state index contributed by atoms with van der Waals surface area (Å²) in [6.07, 6.45) is 2.48. The monoisotopic (exact) mass is 359 g/mol. The minimum Gasteiger partial charge on any atom is -0.435 e. The normalized spacial score (nSPS) is 11.5. The van der Waals surface area contributed by atoms with Crippen molar-refractivity contribution in [2.75, 3.05) is 5.75 Å². The summed E-state index contributed by atoms with van der Waals surface area (Å²) in [6, 6.07) is 5.65. The number of nitrogens with one attached hydrogen (secondary N) is 1. The summed E-state index contributed by atoms with van der Waals surface area (Å²) in [6.45, 7) is -2.84. The van der Waals surface area contributed by atoms with E-state index in [1.165, 1.54) is 41.3 Å². The number of hydrogen-bond acceptors (Lipinski definition) is 5. The van der Waals surface area contributed by atoms with Crippen LogP contribution in [0.15, 0.2) is 41.6 Å². The van der Waals surface area contributed by atoms with Gasteiger partial charge in [-0.1, -0.05) is 12.1 Å². The van der Waals surface area contributed by atoms with Crippen molar-refractivity contribution in [3.8, 4) is 5.75 Å². The molecule has 0 bridgehead atoms. The van der Waals surface area contributed by atoms with Gasteiger partial charge in [-0.3, -0.25) is 9.48 Å². The molecule has 1 heterocycles. The molecule has 24 heavy (non-hydrogen) atoms. The molecule has 0 spiro atoms. The molecule has 2 rings (SSSR count). The lowest BCUT2D eigenvalue weighted by atomic mass is 10.2. The number of nitrogens with zero attached hydrogens (tertiary/aromatic N) is 2. The number of hydrogen-bond donors (Lipinski definition) is 1. The molecule has 0 aliphatic heterocycles. The molecule has 1 N–H and O–H groups in total. The van der Waals surface area contributed by atoms with Crippen molar-refractivity contribution in [1.29, 1.82) is 0 Å². The Kier molecular flexibility index (Phi) is 5.50. The first-order valence-corrected chi connectivity index (χ1v) is 8.43. The minimum absolute atomic E-state index is 0.000711. The summed E-state index contributed by atoms with van der Waals surface area (Å²) < 4.78 is 53.6. The van der Waals surface area contributed by atoms with Gasteiger partial charge in [-0.2, -0.15) is 13.9 Å². The molecule has 0 saturated heterocycles. The number of halogens is 2. The van der Waals surface area contributed by atoms with E-state index in [4.69, 9.17) is 0 Å². The fraction of sp³-hybridized carbons (Fsp3) is 0.286. The van der Waals surface area contributed by atoms with E-state index in [1.807, 2.05) is 0 Å². The van der Waals surface area contributed by atoms with Gasteiger partial charge in [0.25, 0.3) is 0 Å². The van der Waals surface area contributed by atoms with Gasteiger partial charge < -0.3 is 10.1 Å². The van der Waals surface area contributed by atoms with Crippen LogP contribution in [0.25, 0.3) is 0 Å². The van der Waals surface area contributed by atoms with Gasteiger partial charge in [-0.05, 0) is 17.7 Å². The highest BCUT2D eigenvalue weighted by atomic mass is 32.2. The van der Waals surface area contributed by atoms with Crippen molar-refractivity contribution >= 4 is 15.7 Å². The molecule has 0 saturated carbocycles. The van der Waals surface area contributed by atoms with E-state index >= 15 is 0 Å². The average Bonchev–Trinajstić information content (AvgIpc) is 2.93. The van der Waals surface area contributed by atoms with Crippen LogP contribution in [0.2, 0.25) is 0 Å². The van der Waals surface area contributed by atoms with Gasteiger partial charge in [0.15, 0.2) is 9.84 Å². The highest BCUT2D eigenvalue weighted by Crippen LogP contribution is 2.15. The summed E-state index contributed by atoms with van der Waals surface area (Å²) >= 11 is 0. The van der Waals surface area contributed by atoms with Crippen LogP contribution in [-0.2, 0) is 28.2 Å². The Balaban J connectivity index is 1.89. The smallest absolute Gasteiger partial charge is 0.387 e. The highest BCUT2D eigenvalue weighted by molar-refractivity contribution is 7.92. The zero-order chi connectivity index (χ0) is 17.7.